The second kappa shape index (κ2) is 4.94. The van der Waals surface area contributed by atoms with E-state index in [0.717, 1.165) is 0 Å². The van der Waals surface area contributed by atoms with Crippen LogP contribution < -0.4 is 11.1 Å². The maximum absolute atomic E-state index is 13.3. The van der Waals surface area contributed by atoms with Crippen LogP contribution in [0.3, 0.4) is 0 Å². The number of rotatable bonds is 2. The molecule has 0 aliphatic carbocycles. The van der Waals surface area contributed by atoms with Gasteiger partial charge in [0.25, 0.3) is 0 Å². The predicted molar refractivity (Wildman–Crippen MR) is 72.9 cm³/mol. The van der Waals surface area contributed by atoms with Gasteiger partial charge in [0, 0.05) is 4.47 Å². The van der Waals surface area contributed by atoms with Crippen LogP contribution in [0.25, 0.3) is 0 Å². The Bertz CT molecular complexity index is 600. The van der Waals surface area contributed by atoms with Gasteiger partial charge < -0.3 is 11.1 Å². The van der Waals surface area contributed by atoms with Crippen LogP contribution in [-0.4, -0.2) is 0 Å². The van der Waals surface area contributed by atoms with E-state index in [1.165, 1.54) is 18.2 Å². The molecule has 94 valence electrons. The predicted octanol–water partition coefficient (Wildman–Crippen LogP) is 4.36. The van der Waals surface area contributed by atoms with E-state index in [1.807, 2.05) is 0 Å². The van der Waals surface area contributed by atoms with Crippen LogP contribution in [0, 0.1) is 18.6 Å². The highest BCUT2D eigenvalue weighted by Gasteiger charge is 2.07. The summed E-state index contributed by atoms with van der Waals surface area (Å²) in [4.78, 5) is 0. The summed E-state index contributed by atoms with van der Waals surface area (Å²) in [7, 11) is 0. The monoisotopic (exact) mass is 312 g/mol. The van der Waals surface area contributed by atoms with Gasteiger partial charge in [-0.25, -0.2) is 8.78 Å². The van der Waals surface area contributed by atoms with Gasteiger partial charge in [-0.2, -0.15) is 0 Å². The molecule has 0 unspecified atom stereocenters. The van der Waals surface area contributed by atoms with Crippen LogP contribution in [0.1, 0.15) is 5.56 Å². The topological polar surface area (TPSA) is 38.0 Å². The minimum atomic E-state index is -0.364. The number of hydrogen-bond acceptors (Lipinski definition) is 2. The summed E-state index contributed by atoms with van der Waals surface area (Å²) in [6.45, 7) is 1.64. The number of aryl methyl sites for hydroxylation is 1. The summed E-state index contributed by atoms with van der Waals surface area (Å²) in [5, 5.41) is 2.97. The van der Waals surface area contributed by atoms with Crippen molar-refractivity contribution in [2.45, 2.75) is 6.92 Å². The smallest absolute Gasteiger partial charge is 0.128 e. The van der Waals surface area contributed by atoms with E-state index < -0.39 is 0 Å². The Balaban J connectivity index is 2.40. The number of halogens is 3. The minimum Gasteiger partial charge on any atom is -0.397 e. The molecule has 0 heterocycles. The maximum Gasteiger partial charge on any atom is 0.128 e. The lowest BCUT2D eigenvalue weighted by atomic mass is 10.1. The van der Waals surface area contributed by atoms with Gasteiger partial charge >= 0.3 is 0 Å². The van der Waals surface area contributed by atoms with Crippen molar-refractivity contribution in [3.63, 3.8) is 0 Å². The van der Waals surface area contributed by atoms with E-state index in [0.29, 0.717) is 21.4 Å². The van der Waals surface area contributed by atoms with Crippen molar-refractivity contribution in [2.24, 2.45) is 0 Å². The Hall–Kier alpha value is -1.62. The van der Waals surface area contributed by atoms with Crippen molar-refractivity contribution in [3.05, 3.63) is 52.0 Å². The summed E-state index contributed by atoms with van der Waals surface area (Å²) in [6, 6.07) is 7.09. The fourth-order valence-electron chi connectivity index (χ4n) is 1.54. The molecule has 2 aromatic carbocycles. The highest BCUT2D eigenvalue weighted by Crippen LogP contribution is 2.30. The van der Waals surface area contributed by atoms with Crippen LogP contribution in [-0.2, 0) is 0 Å². The average Bonchev–Trinajstić information content (AvgIpc) is 2.30. The zero-order chi connectivity index (χ0) is 13.3. The fraction of sp³-hybridized carbons (Fsp3) is 0.0769. The normalized spacial score (nSPS) is 10.4. The lowest BCUT2D eigenvalue weighted by Gasteiger charge is -2.12. The highest BCUT2D eigenvalue weighted by atomic mass is 79.9. The van der Waals surface area contributed by atoms with Crippen LogP contribution in [0.15, 0.2) is 34.8 Å². The van der Waals surface area contributed by atoms with Crippen molar-refractivity contribution in [3.8, 4) is 0 Å². The van der Waals surface area contributed by atoms with Crippen LogP contribution >= 0.6 is 15.9 Å². The molecule has 0 spiro atoms. The standard InChI is InChI=1S/C13H11BrF2N2/c1-7-4-13(11(17)6-10(7)16)18-12-5-8(15)2-3-9(12)14/h2-6,18H,17H2,1H3. The third kappa shape index (κ3) is 2.61. The second-order valence-electron chi connectivity index (χ2n) is 3.94. The van der Waals surface area contributed by atoms with Gasteiger partial charge in [-0.05, 0) is 58.7 Å². The maximum atomic E-state index is 13.3. The van der Waals surface area contributed by atoms with Crippen molar-refractivity contribution in [1.29, 1.82) is 0 Å². The summed E-state index contributed by atoms with van der Waals surface area (Å²) in [5.74, 6) is -0.727. The molecule has 0 bridgehead atoms. The molecular formula is C13H11BrF2N2. The third-order valence-corrected chi connectivity index (χ3v) is 3.22. The lowest BCUT2D eigenvalue weighted by molar-refractivity contribution is 0.619. The Morgan fingerprint density at radius 1 is 1.11 bits per heavy atom. The number of nitrogens with one attached hydrogen (secondary N) is 1. The lowest BCUT2D eigenvalue weighted by Crippen LogP contribution is -1.99. The molecule has 0 saturated carbocycles. The summed E-state index contributed by atoms with van der Waals surface area (Å²) >= 11 is 3.30. The Labute approximate surface area is 112 Å². The molecule has 0 atom stereocenters. The van der Waals surface area contributed by atoms with Gasteiger partial charge in [0.2, 0.25) is 0 Å². The van der Waals surface area contributed by atoms with Crippen LogP contribution in [0.4, 0.5) is 25.8 Å². The Kier molecular flexibility index (Phi) is 3.52. The first-order valence-electron chi connectivity index (χ1n) is 5.25. The summed E-state index contributed by atoms with van der Waals surface area (Å²) in [5.41, 5.74) is 7.54. The highest BCUT2D eigenvalue weighted by molar-refractivity contribution is 9.10. The first kappa shape index (κ1) is 12.8. The molecule has 0 radical (unpaired) electrons. The average molecular weight is 313 g/mol. The minimum absolute atomic E-state index is 0.272. The van der Waals surface area contributed by atoms with Gasteiger partial charge in [-0.15, -0.1) is 0 Å². The van der Waals surface area contributed by atoms with Gasteiger partial charge in [0.05, 0.1) is 17.1 Å². The molecule has 3 N–H and O–H groups in total. The van der Waals surface area contributed by atoms with E-state index in [9.17, 15) is 8.78 Å². The van der Waals surface area contributed by atoms with Gasteiger partial charge in [0.15, 0.2) is 0 Å². The molecule has 2 nitrogen and oxygen atoms in total. The van der Waals surface area contributed by atoms with E-state index in [2.05, 4.69) is 21.2 Å². The van der Waals surface area contributed by atoms with E-state index in [4.69, 9.17) is 5.73 Å². The second-order valence-corrected chi connectivity index (χ2v) is 4.79. The van der Waals surface area contributed by atoms with E-state index >= 15 is 0 Å². The Morgan fingerprint density at radius 2 is 1.83 bits per heavy atom. The van der Waals surface area contributed by atoms with Crippen molar-refractivity contribution < 1.29 is 8.78 Å². The van der Waals surface area contributed by atoms with Crippen molar-refractivity contribution >= 4 is 33.0 Å². The van der Waals surface area contributed by atoms with Gasteiger partial charge in [-0.1, -0.05) is 0 Å². The fourth-order valence-corrected chi connectivity index (χ4v) is 1.89. The number of hydrogen-bond donors (Lipinski definition) is 2. The number of benzene rings is 2. The molecule has 0 amide bonds. The van der Waals surface area contributed by atoms with Crippen LogP contribution in [0.2, 0.25) is 0 Å². The molecule has 0 aromatic heterocycles. The molecule has 0 fully saturated rings. The first-order valence-corrected chi connectivity index (χ1v) is 6.04. The first-order chi connectivity index (χ1) is 8.47. The van der Waals surface area contributed by atoms with Gasteiger partial charge in [0.1, 0.15) is 11.6 Å². The summed E-state index contributed by atoms with van der Waals surface area (Å²) in [6.07, 6.45) is 0. The largest absolute Gasteiger partial charge is 0.397 e. The molecular weight excluding hydrogens is 302 g/mol. The van der Waals surface area contributed by atoms with Crippen molar-refractivity contribution in [2.75, 3.05) is 11.1 Å². The third-order valence-electron chi connectivity index (χ3n) is 2.53. The molecule has 0 aliphatic rings. The molecule has 2 rings (SSSR count). The van der Waals surface area contributed by atoms with Crippen LogP contribution in [0.5, 0.6) is 0 Å². The number of nitrogen functional groups attached to an aromatic ring is 1. The zero-order valence-corrected chi connectivity index (χ0v) is 11.2. The van der Waals surface area contributed by atoms with Crippen molar-refractivity contribution in [1.82, 2.24) is 0 Å². The molecule has 0 saturated heterocycles. The molecule has 0 aliphatic heterocycles. The molecule has 5 heteroatoms. The van der Waals surface area contributed by atoms with E-state index in [-0.39, 0.29) is 17.3 Å². The SMILES string of the molecule is Cc1cc(Nc2cc(F)ccc2Br)c(N)cc1F. The molecule has 18 heavy (non-hydrogen) atoms. The molecule has 2 aromatic rings. The Morgan fingerprint density at radius 3 is 2.56 bits per heavy atom. The summed E-state index contributed by atoms with van der Waals surface area (Å²) < 4.78 is 27.1. The number of nitrogens with two attached hydrogens (primary N) is 1. The quantitative estimate of drug-likeness (QED) is 0.808. The number of anilines is 3. The zero-order valence-electron chi connectivity index (χ0n) is 9.60. The van der Waals surface area contributed by atoms with Gasteiger partial charge in [-0.3, -0.25) is 0 Å². The van der Waals surface area contributed by atoms with E-state index in [1.54, 1.807) is 19.1 Å².